The highest BCUT2D eigenvalue weighted by Gasteiger charge is 2.14. The van der Waals surface area contributed by atoms with Crippen LogP contribution in [0.15, 0.2) is 53.5 Å². The van der Waals surface area contributed by atoms with Gasteiger partial charge in [-0.3, -0.25) is 14.3 Å². The number of carbonyl (C=O) groups excluding carboxylic acids is 1. The normalized spacial score (nSPS) is 12.1. The molecule has 0 aliphatic carbocycles. The molecule has 0 saturated carbocycles. The Morgan fingerprint density at radius 1 is 1.24 bits per heavy atom. The number of para-hydroxylation sites is 1. The third-order valence-corrected chi connectivity index (χ3v) is 4.42. The monoisotopic (exact) mass is 375 g/mol. The topological polar surface area (TPSA) is 64.0 Å². The molecule has 1 N–H and O–H groups in total. The lowest BCUT2D eigenvalue weighted by Gasteiger charge is -2.17. The van der Waals surface area contributed by atoms with E-state index in [1.165, 1.54) is 10.9 Å². The molecular weight excluding hydrogens is 361 g/mol. The van der Waals surface area contributed by atoms with E-state index in [0.29, 0.717) is 20.9 Å². The van der Waals surface area contributed by atoms with E-state index in [4.69, 9.17) is 23.2 Å². The second kappa shape index (κ2) is 7.25. The Morgan fingerprint density at radius 3 is 2.76 bits per heavy atom. The first-order valence-corrected chi connectivity index (χ1v) is 8.40. The molecule has 0 bridgehead atoms. The summed E-state index contributed by atoms with van der Waals surface area (Å²) in [5, 5.41) is 8.49. The molecule has 0 spiro atoms. The molecule has 5 nitrogen and oxygen atoms in total. The fraction of sp³-hybridized carbons (Fsp3) is 0.167. The number of aromatic nitrogens is 2. The van der Waals surface area contributed by atoms with Crippen molar-refractivity contribution in [2.75, 3.05) is 0 Å². The number of halogens is 2. The number of amides is 1. The van der Waals surface area contributed by atoms with E-state index in [2.05, 4.69) is 10.4 Å². The van der Waals surface area contributed by atoms with Crippen LogP contribution in [0.3, 0.4) is 0 Å². The smallest absolute Gasteiger partial charge is 0.242 e. The summed E-state index contributed by atoms with van der Waals surface area (Å²) in [7, 11) is 0. The molecule has 2 aromatic carbocycles. The van der Waals surface area contributed by atoms with Crippen molar-refractivity contribution in [3.63, 3.8) is 0 Å². The van der Waals surface area contributed by atoms with E-state index >= 15 is 0 Å². The minimum atomic E-state index is -0.289. The van der Waals surface area contributed by atoms with Gasteiger partial charge in [-0.15, -0.1) is 0 Å². The maximum Gasteiger partial charge on any atom is 0.242 e. The minimum absolute atomic E-state index is 0.00363. The predicted octanol–water partition coefficient (Wildman–Crippen LogP) is 3.58. The van der Waals surface area contributed by atoms with Crippen molar-refractivity contribution >= 4 is 40.0 Å². The third kappa shape index (κ3) is 3.83. The van der Waals surface area contributed by atoms with Crippen molar-refractivity contribution < 1.29 is 4.79 Å². The van der Waals surface area contributed by atoms with Crippen LogP contribution in [0.2, 0.25) is 10.0 Å². The number of nitrogens with one attached hydrogen (secondary N) is 1. The average Bonchev–Trinajstić information content (AvgIpc) is 2.57. The van der Waals surface area contributed by atoms with Gasteiger partial charge in [0.15, 0.2) is 0 Å². The van der Waals surface area contributed by atoms with Crippen LogP contribution in [-0.4, -0.2) is 15.7 Å². The number of nitrogens with zero attached hydrogens (tertiary/aromatic N) is 2. The quantitative estimate of drug-likeness (QED) is 0.757. The SMILES string of the molecule is CC(NC(=O)Cn1ncc(=O)c2ccccc21)c1ccc(Cl)cc1Cl. The first-order valence-electron chi connectivity index (χ1n) is 7.65. The van der Waals surface area contributed by atoms with Gasteiger partial charge in [0.1, 0.15) is 6.54 Å². The third-order valence-electron chi connectivity index (χ3n) is 3.86. The van der Waals surface area contributed by atoms with Crippen LogP contribution in [0.1, 0.15) is 18.5 Å². The number of hydrogen-bond donors (Lipinski definition) is 1. The molecule has 0 radical (unpaired) electrons. The van der Waals surface area contributed by atoms with Crippen molar-refractivity contribution in [2.45, 2.75) is 19.5 Å². The molecule has 0 saturated heterocycles. The molecule has 3 rings (SSSR count). The lowest BCUT2D eigenvalue weighted by atomic mass is 10.1. The predicted molar refractivity (Wildman–Crippen MR) is 99.0 cm³/mol. The summed E-state index contributed by atoms with van der Waals surface area (Å²) in [4.78, 5) is 24.2. The second-order valence-electron chi connectivity index (χ2n) is 5.64. The lowest BCUT2D eigenvalue weighted by Crippen LogP contribution is -2.31. The van der Waals surface area contributed by atoms with Gasteiger partial charge < -0.3 is 5.32 Å². The molecule has 0 aliphatic heterocycles. The van der Waals surface area contributed by atoms with Gasteiger partial charge in [0.25, 0.3) is 0 Å². The van der Waals surface area contributed by atoms with Crippen molar-refractivity contribution in [1.29, 1.82) is 0 Å². The van der Waals surface area contributed by atoms with Crippen molar-refractivity contribution in [3.05, 3.63) is 74.5 Å². The van der Waals surface area contributed by atoms with Crippen molar-refractivity contribution in [3.8, 4) is 0 Å². The van der Waals surface area contributed by atoms with Crippen LogP contribution in [0.4, 0.5) is 0 Å². The summed E-state index contributed by atoms with van der Waals surface area (Å²) in [6.07, 6.45) is 1.22. The van der Waals surface area contributed by atoms with Crippen LogP contribution < -0.4 is 10.7 Å². The van der Waals surface area contributed by atoms with Crippen LogP contribution in [0.5, 0.6) is 0 Å². The summed E-state index contributed by atoms with van der Waals surface area (Å²) in [6, 6.07) is 11.9. The van der Waals surface area contributed by atoms with Gasteiger partial charge in [-0.2, -0.15) is 5.10 Å². The van der Waals surface area contributed by atoms with E-state index in [9.17, 15) is 9.59 Å². The highest BCUT2D eigenvalue weighted by atomic mass is 35.5. The molecule has 1 amide bonds. The summed E-state index contributed by atoms with van der Waals surface area (Å²) >= 11 is 12.1. The highest BCUT2D eigenvalue weighted by molar-refractivity contribution is 6.35. The fourth-order valence-electron chi connectivity index (χ4n) is 2.64. The second-order valence-corrected chi connectivity index (χ2v) is 6.48. The summed E-state index contributed by atoms with van der Waals surface area (Å²) in [5.74, 6) is -0.236. The summed E-state index contributed by atoms with van der Waals surface area (Å²) < 4.78 is 1.50. The van der Waals surface area contributed by atoms with Gasteiger partial charge in [0, 0.05) is 15.4 Å². The largest absolute Gasteiger partial charge is 0.348 e. The van der Waals surface area contributed by atoms with Crippen molar-refractivity contribution in [1.82, 2.24) is 15.1 Å². The molecule has 128 valence electrons. The first kappa shape index (κ1) is 17.5. The molecule has 0 fully saturated rings. The number of rotatable bonds is 4. The Hall–Kier alpha value is -2.37. The fourth-order valence-corrected chi connectivity index (χ4v) is 3.21. The number of fused-ring (bicyclic) bond motifs is 1. The standard InChI is InChI=1S/C18H15Cl2N3O2/c1-11(13-7-6-12(19)8-15(13)20)22-18(25)10-23-16-5-3-2-4-14(16)17(24)9-21-23/h2-9,11H,10H2,1H3,(H,22,25). The van der Waals surface area contributed by atoms with E-state index in [0.717, 1.165) is 5.56 Å². The average molecular weight is 376 g/mol. The van der Waals surface area contributed by atoms with E-state index in [-0.39, 0.29) is 23.9 Å². The summed E-state index contributed by atoms with van der Waals surface area (Å²) in [6.45, 7) is 1.83. The summed E-state index contributed by atoms with van der Waals surface area (Å²) in [5.41, 5.74) is 1.22. The van der Waals surface area contributed by atoms with Crippen LogP contribution in [0, 0.1) is 0 Å². The van der Waals surface area contributed by atoms with Crippen LogP contribution in [0.25, 0.3) is 10.9 Å². The highest BCUT2D eigenvalue weighted by Crippen LogP contribution is 2.26. The zero-order chi connectivity index (χ0) is 18.0. The van der Waals surface area contributed by atoms with E-state index in [1.54, 1.807) is 42.5 Å². The molecule has 1 unspecified atom stereocenters. The molecule has 1 atom stereocenters. The van der Waals surface area contributed by atoms with Gasteiger partial charge in [-0.05, 0) is 36.8 Å². The Labute approximate surface area is 154 Å². The number of benzene rings is 2. The maximum absolute atomic E-state index is 12.4. The van der Waals surface area contributed by atoms with Gasteiger partial charge >= 0.3 is 0 Å². The van der Waals surface area contributed by atoms with Crippen LogP contribution >= 0.6 is 23.2 Å². The van der Waals surface area contributed by atoms with E-state index < -0.39 is 0 Å². The van der Waals surface area contributed by atoms with Crippen LogP contribution in [-0.2, 0) is 11.3 Å². The van der Waals surface area contributed by atoms with Gasteiger partial charge in [-0.25, -0.2) is 0 Å². The Morgan fingerprint density at radius 2 is 2.00 bits per heavy atom. The Kier molecular flexibility index (Phi) is 5.06. The molecule has 7 heteroatoms. The molecule has 25 heavy (non-hydrogen) atoms. The van der Waals surface area contributed by atoms with E-state index in [1.807, 2.05) is 6.92 Å². The Bertz CT molecular complexity index is 1000. The first-order chi connectivity index (χ1) is 12.0. The van der Waals surface area contributed by atoms with Crippen molar-refractivity contribution in [2.24, 2.45) is 0 Å². The van der Waals surface area contributed by atoms with Gasteiger partial charge in [0.2, 0.25) is 11.3 Å². The van der Waals surface area contributed by atoms with Gasteiger partial charge in [0.05, 0.1) is 17.8 Å². The molecule has 1 heterocycles. The van der Waals surface area contributed by atoms with Gasteiger partial charge in [-0.1, -0.05) is 41.4 Å². The maximum atomic E-state index is 12.4. The lowest BCUT2D eigenvalue weighted by molar-refractivity contribution is -0.122. The molecular formula is C18H15Cl2N3O2. The number of hydrogen-bond acceptors (Lipinski definition) is 3. The number of carbonyl (C=O) groups is 1. The zero-order valence-electron chi connectivity index (χ0n) is 13.4. The minimum Gasteiger partial charge on any atom is -0.348 e. The molecule has 3 aromatic rings. The molecule has 1 aromatic heterocycles. The molecule has 0 aliphatic rings. The Balaban J connectivity index is 1.79. The zero-order valence-corrected chi connectivity index (χ0v) is 14.9.